The van der Waals surface area contributed by atoms with Gasteiger partial charge in [0.15, 0.2) is 0 Å². The van der Waals surface area contributed by atoms with Crippen molar-refractivity contribution in [2.75, 3.05) is 11.4 Å². The Balaban J connectivity index is 1.88. The maximum Gasteiger partial charge on any atom is 0.325 e. The third-order valence-corrected chi connectivity index (χ3v) is 3.24. The van der Waals surface area contributed by atoms with Gasteiger partial charge in [-0.25, -0.2) is 0 Å². The molecule has 3 rings (SSSR count). The first-order valence-corrected chi connectivity index (χ1v) is 6.34. The predicted octanol–water partition coefficient (Wildman–Crippen LogP) is 1.63. The van der Waals surface area contributed by atoms with Gasteiger partial charge in [0.25, 0.3) is 5.89 Å². The van der Waals surface area contributed by atoms with Gasteiger partial charge in [-0.15, -0.1) is 5.10 Å². The quantitative estimate of drug-likeness (QED) is 0.789. The van der Waals surface area contributed by atoms with Crippen LogP contribution in [0.2, 0.25) is 0 Å². The van der Waals surface area contributed by atoms with E-state index in [-0.39, 0.29) is 16.7 Å². The number of carbonyl (C=O) groups excluding carboxylic acids is 1. The molecular weight excluding hydrogens is 300 g/mol. The summed E-state index contributed by atoms with van der Waals surface area (Å²) in [6.45, 7) is 0.549. The van der Waals surface area contributed by atoms with Crippen molar-refractivity contribution >= 4 is 27.9 Å². The maximum atomic E-state index is 11.7. The van der Waals surface area contributed by atoms with E-state index in [4.69, 9.17) is 4.42 Å². The average Bonchev–Trinajstić information content (AvgIpc) is 2.97. The fourth-order valence-corrected chi connectivity index (χ4v) is 2.35. The van der Waals surface area contributed by atoms with Crippen molar-refractivity contribution in [1.29, 1.82) is 0 Å². The highest BCUT2D eigenvalue weighted by molar-refractivity contribution is 9.09. The number of aromatic nitrogens is 3. The number of hydrogen-bond acceptors (Lipinski definition) is 5. The van der Waals surface area contributed by atoms with Gasteiger partial charge in [-0.2, -0.15) is 0 Å². The van der Waals surface area contributed by atoms with E-state index < -0.39 is 0 Å². The topological polar surface area (TPSA) is 72.1 Å². The third kappa shape index (κ3) is 2.01. The number of alkyl halides is 1. The Morgan fingerprint density at radius 3 is 3.00 bits per heavy atom. The number of nitrogens with zero attached hydrogens (tertiary/aromatic N) is 4. The van der Waals surface area contributed by atoms with Crippen LogP contribution in [0.5, 0.6) is 0 Å². The number of pyridine rings is 1. The zero-order valence-corrected chi connectivity index (χ0v) is 10.9. The van der Waals surface area contributed by atoms with Gasteiger partial charge in [0.05, 0.1) is 5.56 Å². The Morgan fingerprint density at radius 2 is 2.33 bits per heavy atom. The molecule has 0 bridgehead atoms. The van der Waals surface area contributed by atoms with Crippen LogP contribution in [-0.4, -0.2) is 32.5 Å². The Hall–Kier alpha value is -1.76. The van der Waals surface area contributed by atoms with Crippen LogP contribution in [-0.2, 0) is 4.79 Å². The Bertz CT molecular complexity index is 571. The number of hydrogen-bond donors (Lipinski definition) is 0. The molecule has 0 aliphatic carbocycles. The van der Waals surface area contributed by atoms with Gasteiger partial charge in [-0.1, -0.05) is 21.0 Å². The summed E-state index contributed by atoms with van der Waals surface area (Å²) in [4.78, 5) is 17.3. The molecule has 18 heavy (non-hydrogen) atoms. The van der Waals surface area contributed by atoms with Gasteiger partial charge in [-0.3, -0.25) is 14.7 Å². The van der Waals surface area contributed by atoms with Gasteiger partial charge in [0.1, 0.15) is 0 Å². The molecule has 0 spiro atoms. The standard InChI is InChI=1S/C11H9BrN4O2/c12-8-4-9(17)16(6-8)11-15-14-10(18-11)7-2-1-3-13-5-7/h1-3,5,8H,4,6H2. The lowest BCUT2D eigenvalue weighted by Crippen LogP contribution is -2.24. The molecule has 1 atom stereocenters. The van der Waals surface area contributed by atoms with Crippen LogP contribution in [0.1, 0.15) is 6.42 Å². The average molecular weight is 309 g/mol. The normalized spacial score (nSPS) is 19.5. The van der Waals surface area contributed by atoms with Crippen LogP contribution < -0.4 is 4.90 Å². The van der Waals surface area contributed by atoms with E-state index in [9.17, 15) is 4.79 Å². The fraction of sp³-hybridized carbons (Fsp3) is 0.273. The zero-order chi connectivity index (χ0) is 12.5. The molecule has 1 amide bonds. The Labute approximate surface area is 111 Å². The molecule has 1 unspecified atom stereocenters. The molecule has 7 heteroatoms. The van der Waals surface area contributed by atoms with Crippen molar-refractivity contribution in [2.24, 2.45) is 0 Å². The van der Waals surface area contributed by atoms with Gasteiger partial charge in [0, 0.05) is 30.2 Å². The highest BCUT2D eigenvalue weighted by atomic mass is 79.9. The highest BCUT2D eigenvalue weighted by Crippen LogP contribution is 2.26. The summed E-state index contributed by atoms with van der Waals surface area (Å²) in [6, 6.07) is 3.85. The minimum Gasteiger partial charge on any atom is -0.403 e. The second-order valence-corrected chi connectivity index (χ2v) is 5.23. The fourth-order valence-electron chi connectivity index (χ4n) is 1.78. The van der Waals surface area contributed by atoms with Crippen molar-refractivity contribution < 1.29 is 9.21 Å². The van der Waals surface area contributed by atoms with Crippen LogP contribution >= 0.6 is 15.9 Å². The monoisotopic (exact) mass is 308 g/mol. The molecule has 2 aromatic heterocycles. The molecule has 6 nitrogen and oxygen atoms in total. The Morgan fingerprint density at radius 1 is 1.44 bits per heavy atom. The number of amides is 1. The molecule has 1 aliphatic heterocycles. The molecule has 0 aromatic carbocycles. The minimum atomic E-state index is -0.0155. The number of halogens is 1. The largest absolute Gasteiger partial charge is 0.403 e. The SMILES string of the molecule is O=C1CC(Br)CN1c1nnc(-c2cccnc2)o1. The summed E-state index contributed by atoms with van der Waals surface area (Å²) in [5, 5.41) is 7.82. The Kier molecular flexibility index (Phi) is 2.83. The first kappa shape index (κ1) is 11.3. The lowest BCUT2D eigenvalue weighted by Gasteiger charge is -2.08. The molecular formula is C11H9BrN4O2. The highest BCUT2D eigenvalue weighted by Gasteiger charge is 2.32. The summed E-state index contributed by atoms with van der Waals surface area (Å²) < 4.78 is 5.49. The maximum absolute atomic E-state index is 11.7. The summed E-state index contributed by atoms with van der Waals surface area (Å²) in [5.74, 6) is 0.349. The molecule has 3 heterocycles. The predicted molar refractivity (Wildman–Crippen MR) is 67.2 cm³/mol. The third-order valence-electron chi connectivity index (χ3n) is 2.63. The first-order chi connectivity index (χ1) is 8.74. The lowest BCUT2D eigenvalue weighted by atomic mass is 10.3. The van der Waals surface area contributed by atoms with E-state index in [2.05, 4.69) is 31.1 Å². The van der Waals surface area contributed by atoms with E-state index in [0.29, 0.717) is 18.9 Å². The van der Waals surface area contributed by atoms with Gasteiger partial charge < -0.3 is 4.42 Å². The number of anilines is 1. The zero-order valence-electron chi connectivity index (χ0n) is 9.28. The minimum absolute atomic E-state index is 0.0155. The van der Waals surface area contributed by atoms with Crippen LogP contribution in [0, 0.1) is 0 Å². The van der Waals surface area contributed by atoms with E-state index in [0.717, 1.165) is 5.56 Å². The second-order valence-electron chi connectivity index (χ2n) is 3.94. The summed E-state index contributed by atoms with van der Waals surface area (Å²) in [5.41, 5.74) is 0.735. The molecule has 0 N–H and O–H groups in total. The molecule has 1 fully saturated rings. The van der Waals surface area contributed by atoms with Crippen LogP contribution in [0.15, 0.2) is 28.9 Å². The molecule has 1 aliphatic rings. The van der Waals surface area contributed by atoms with Crippen molar-refractivity contribution in [3.05, 3.63) is 24.5 Å². The summed E-state index contributed by atoms with van der Waals surface area (Å²) in [7, 11) is 0. The van der Waals surface area contributed by atoms with Crippen molar-refractivity contribution in [2.45, 2.75) is 11.2 Å². The van der Waals surface area contributed by atoms with E-state index >= 15 is 0 Å². The van der Waals surface area contributed by atoms with Crippen molar-refractivity contribution in [3.8, 4) is 11.5 Å². The molecule has 92 valence electrons. The smallest absolute Gasteiger partial charge is 0.325 e. The lowest BCUT2D eigenvalue weighted by molar-refractivity contribution is -0.117. The van der Waals surface area contributed by atoms with Crippen molar-refractivity contribution in [1.82, 2.24) is 15.2 Å². The van der Waals surface area contributed by atoms with Crippen LogP contribution in [0.4, 0.5) is 6.01 Å². The first-order valence-electron chi connectivity index (χ1n) is 5.42. The van der Waals surface area contributed by atoms with Crippen LogP contribution in [0.25, 0.3) is 11.5 Å². The summed E-state index contributed by atoms with van der Waals surface area (Å²) in [6.07, 6.45) is 3.75. The van der Waals surface area contributed by atoms with E-state index in [1.165, 1.54) is 4.90 Å². The molecule has 1 saturated heterocycles. The second kappa shape index (κ2) is 4.49. The van der Waals surface area contributed by atoms with Crippen molar-refractivity contribution in [3.63, 3.8) is 0 Å². The molecule has 0 radical (unpaired) electrons. The van der Waals surface area contributed by atoms with Gasteiger partial charge in [0.2, 0.25) is 5.91 Å². The number of rotatable bonds is 2. The van der Waals surface area contributed by atoms with Gasteiger partial charge >= 0.3 is 6.01 Å². The summed E-state index contributed by atoms with van der Waals surface area (Å²) >= 11 is 3.41. The number of carbonyl (C=O) groups is 1. The van der Waals surface area contributed by atoms with Crippen LogP contribution in [0.3, 0.4) is 0 Å². The van der Waals surface area contributed by atoms with E-state index in [1.54, 1.807) is 18.5 Å². The molecule has 0 saturated carbocycles. The molecule has 2 aromatic rings. The van der Waals surface area contributed by atoms with E-state index in [1.807, 2.05) is 6.07 Å². The van der Waals surface area contributed by atoms with Gasteiger partial charge in [-0.05, 0) is 12.1 Å².